The number of hydrogen-bond donors (Lipinski definition) is 0. The van der Waals surface area contributed by atoms with Crippen LogP contribution in [0.1, 0.15) is 39.7 Å². The molecule has 0 aliphatic carbocycles. The number of carbonyl (C=O) groups is 1. The highest BCUT2D eigenvalue weighted by Gasteiger charge is 2.17. The predicted molar refractivity (Wildman–Crippen MR) is 135 cm³/mol. The number of aryl methyl sites for hydroxylation is 1. The van der Waals surface area contributed by atoms with Gasteiger partial charge < -0.3 is 14.1 Å². The largest absolute Gasteiger partial charge is 0.465 e. The van der Waals surface area contributed by atoms with Gasteiger partial charge in [-0.25, -0.2) is 9.18 Å². The molecule has 6 heteroatoms. The van der Waals surface area contributed by atoms with Gasteiger partial charge in [-0.1, -0.05) is 29.4 Å². The Morgan fingerprint density at radius 1 is 0.971 bits per heavy atom. The maximum atomic E-state index is 13.6. The first-order valence-corrected chi connectivity index (χ1v) is 11.3. The number of methoxy groups -OCH3 is 1. The summed E-state index contributed by atoms with van der Waals surface area (Å²) in [7, 11) is 1.35. The van der Waals surface area contributed by atoms with E-state index in [-0.39, 0.29) is 18.4 Å². The smallest absolute Gasteiger partial charge is 0.337 e. The molecule has 0 bridgehead atoms. The van der Waals surface area contributed by atoms with Crippen LogP contribution in [0.4, 0.5) is 4.39 Å². The minimum atomic E-state index is -0.378. The molecule has 4 rings (SSSR count). The van der Waals surface area contributed by atoms with Gasteiger partial charge in [-0.3, -0.25) is 0 Å². The first kappa shape index (κ1) is 24.0. The van der Waals surface area contributed by atoms with Crippen LogP contribution in [-0.4, -0.2) is 23.4 Å². The van der Waals surface area contributed by atoms with Crippen LogP contribution in [0.15, 0.2) is 84.0 Å². The minimum absolute atomic E-state index is 0.265. The van der Waals surface area contributed by atoms with Crippen LogP contribution in [0.2, 0.25) is 0 Å². The predicted octanol–water partition coefficient (Wildman–Crippen LogP) is 6.63. The van der Waals surface area contributed by atoms with Gasteiger partial charge in [-0.05, 0) is 92.1 Å². The van der Waals surface area contributed by atoms with Crippen molar-refractivity contribution in [3.8, 4) is 16.9 Å². The van der Waals surface area contributed by atoms with E-state index in [2.05, 4.69) is 40.9 Å². The average Bonchev–Trinajstić information content (AvgIpc) is 3.21. The number of ether oxygens (including phenoxy) is 1. The standard InChI is InChI=1S/C29H27FN2O3/c1-19-6-5-7-26(16-19)32-21(3)27(17-28(32)23-12-14-25(30)15-13-23)20(2)31-35-18-22-8-10-24(11-9-22)29(33)34-4/h5-17H,18H2,1-4H3/b31-20+. The fourth-order valence-electron chi connectivity index (χ4n) is 4.01. The van der Waals surface area contributed by atoms with E-state index in [1.54, 1.807) is 24.3 Å². The third kappa shape index (κ3) is 5.32. The van der Waals surface area contributed by atoms with Crippen LogP contribution < -0.4 is 0 Å². The second-order valence-corrected chi connectivity index (χ2v) is 8.35. The molecule has 1 heterocycles. The molecule has 1 aromatic heterocycles. The number of carbonyl (C=O) groups excluding carboxylic acids is 1. The Morgan fingerprint density at radius 2 is 1.69 bits per heavy atom. The zero-order valence-corrected chi connectivity index (χ0v) is 20.2. The van der Waals surface area contributed by atoms with Gasteiger partial charge in [-0.2, -0.15) is 0 Å². The number of esters is 1. The van der Waals surface area contributed by atoms with Crippen LogP contribution in [0.25, 0.3) is 16.9 Å². The Hall–Kier alpha value is -4.19. The third-order valence-corrected chi connectivity index (χ3v) is 5.84. The summed E-state index contributed by atoms with van der Waals surface area (Å²) >= 11 is 0. The van der Waals surface area contributed by atoms with Gasteiger partial charge in [0.05, 0.1) is 24.1 Å². The lowest BCUT2D eigenvalue weighted by molar-refractivity contribution is 0.0600. The molecule has 5 nitrogen and oxygen atoms in total. The van der Waals surface area contributed by atoms with Crippen LogP contribution in [0.5, 0.6) is 0 Å². The van der Waals surface area contributed by atoms with Crippen molar-refractivity contribution in [3.63, 3.8) is 0 Å². The van der Waals surface area contributed by atoms with Crippen molar-refractivity contribution >= 4 is 11.7 Å². The van der Waals surface area contributed by atoms with Gasteiger partial charge in [0.1, 0.15) is 12.4 Å². The van der Waals surface area contributed by atoms with E-state index in [1.807, 2.05) is 32.0 Å². The molecular weight excluding hydrogens is 443 g/mol. The maximum absolute atomic E-state index is 13.6. The Kier molecular flexibility index (Phi) is 7.11. The molecule has 0 spiro atoms. The van der Waals surface area contributed by atoms with Crippen LogP contribution >= 0.6 is 0 Å². The number of oxime groups is 1. The number of benzene rings is 3. The zero-order chi connectivity index (χ0) is 24.9. The quantitative estimate of drug-likeness (QED) is 0.173. The third-order valence-electron chi connectivity index (χ3n) is 5.84. The molecule has 0 unspecified atom stereocenters. The highest BCUT2D eigenvalue weighted by molar-refractivity contribution is 6.01. The van der Waals surface area contributed by atoms with Crippen molar-refractivity contribution < 1.29 is 18.8 Å². The van der Waals surface area contributed by atoms with E-state index in [0.717, 1.165) is 45.0 Å². The molecule has 4 aromatic rings. The Balaban J connectivity index is 1.63. The molecule has 0 aliphatic rings. The summed E-state index contributed by atoms with van der Waals surface area (Å²) in [5.74, 6) is -0.651. The Labute approximate surface area is 204 Å². The van der Waals surface area contributed by atoms with E-state index < -0.39 is 0 Å². The van der Waals surface area contributed by atoms with Crippen molar-refractivity contribution in [1.82, 2.24) is 4.57 Å². The summed E-state index contributed by atoms with van der Waals surface area (Å²) in [5, 5.41) is 4.35. The van der Waals surface area contributed by atoms with E-state index in [4.69, 9.17) is 9.57 Å². The molecule has 0 fully saturated rings. The number of halogens is 1. The van der Waals surface area contributed by atoms with Crippen LogP contribution in [0.3, 0.4) is 0 Å². The summed E-state index contributed by atoms with van der Waals surface area (Å²) in [6.45, 7) is 6.26. The monoisotopic (exact) mass is 470 g/mol. The first-order valence-electron chi connectivity index (χ1n) is 11.3. The summed E-state index contributed by atoms with van der Waals surface area (Å²) in [4.78, 5) is 17.2. The van der Waals surface area contributed by atoms with Crippen molar-refractivity contribution in [1.29, 1.82) is 0 Å². The topological polar surface area (TPSA) is 52.8 Å². The normalized spacial score (nSPS) is 11.4. The number of nitrogens with zero attached hydrogens (tertiary/aromatic N) is 2. The molecule has 0 N–H and O–H groups in total. The molecule has 0 atom stereocenters. The molecule has 0 saturated heterocycles. The van der Waals surface area contributed by atoms with Gasteiger partial charge in [0.15, 0.2) is 0 Å². The van der Waals surface area contributed by atoms with Crippen molar-refractivity contribution in [3.05, 3.63) is 113 Å². The fraction of sp³-hybridized carbons (Fsp3) is 0.172. The fourth-order valence-corrected chi connectivity index (χ4v) is 4.01. The second kappa shape index (κ2) is 10.4. The minimum Gasteiger partial charge on any atom is -0.465 e. The van der Waals surface area contributed by atoms with Gasteiger partial charge in [0.25, 0.3) is 0 Å². The number of rotatable bonds is 7. The zero-order valence-electron chi connectivity index (χ0n) is 20.2. The molecule has 0 amide bonds. The maximum Gasteiger partial charge on any atom is 0.337 e. The lowest BCUT2D eigenvalue weighted by Crippen LogP contribution is -2.03. The lowest BCUT2D eigenvalue weighted by Gasteiger charge is -2.13. The molecule has 35 heavy (non-hydrogen) atoms. The summed E-state index contributed by atoms with van der Waals surface area (Å²) in [5.41, 5.74) is 8.05. The van der Waals surface area contributed by atoms with E-state index in [9.17, 15) is 9.18 Å². The molecular formula is C29H27FN2O3. The Morgan fingerprint density at radius 3 is 2.34 bits per heavy atom. The molecule has 0 radical (unpaired) electrons. The summed E-state index contributed by atoms with van der Waals surface area (Å²) in [6.07, 6.45) is 0. The number of hydrogen-bond acceptors (Lipinski definition) is 4. The summed E-state index contributed by atoms with van der Waals surface area (Å²) < 4.78 is 20.5. The number of aromatic nitrogens is 1. The SMILES string of the molecule is COC(=O)c1ccc(CO/N=C(\C)c2cc(-c3ccc(F)cc3)n(-c3cccc(C)c3)c2C)cc1. The highest BCUT2D eigenvalue weighted by Crippen LogP contribution is 2.30. The van der Waals surface area contributed by atoms with Gasteiger partial charge >= 0.3 is 5.97 Å². The lowest BCUT2D eigenvalue weighted by atomic mass is 10.1. The molecule has 0 saturated carbocycles. The van der Waals surface area contributed by atoms with Crippen molar-refractivity contribution in [2.75, 3.05) is 7.11 Å². The summed E-state index contributed by atoms with van der Waals surface area (Å²) in [6, 6.07) is 23.8. The van der Waals surface area contributed by atoms with Crippen LogP contribution in [0, 0.1) is 19.7 Å². The van der Waals surface area contributed by atoms with E-state index in [0.29, 0.717) is 5.56 Å². The van der Waals surface area contributed by atoms with Crippen LogP contribution in [-0.2, 0) is 16.2 Å². The molecule has 178 valence electrons. The van der Waals surface area contributed by atoms with Crippen molar-refractivity contribution in [2.24, 2.45) is 5.16 Å². The second-order valence-electron chi connectivity index (χ2n) is 8.35. The van der Waals surface area contributed by atoms with Crippen molar-refractivity contribution in [2.45, 2.75) is 27.4 Å². The van der Waals surface area contributed by atoms with E-state index in [1.165, 1.54) is 19.2 Å². The first-order chi connectivity index (χ1) is 16.9. The van der Waals surface area contributed by atoms with Gasteiger partial charge in [0.2, 0.25) is 0 Å². The van der Waals surface area contributed by atoms with Gasteiger partial charge in [0, 0.05) is 16.9 Å². The van der Waals surface area contributed by atoms with E-state index >= 15 is 0 Å². The van der Waals surface area contributed by atoms with Gasteiger partial charge in [-0.15, -0.1) is 0 Å². The average molecular weight is 471 g/mol. The molecule has 0 aliphatic heterocycles. The molecule has 3 aromatic carbocycles. The highest BCUT2D eigenvalue weighted by atomic mass is 19.1. The Bertz CT molecular complexity index is 1370.